The molecule has 0 unspecified atom stereocenters. The molecule has 0 saturated heterocycles. The molecule has 6 aromatic rings. The van der Waals surface area contributed by atoms with E-state index in [1.807, 2.05) is 72.8 Å². The summed E-state index contributed by atoms with van der Waals surface area (Å²) in [7, 11) is 0. The van der Waals surface area contributed by atoms with Crippen molar-refractivity contribution in [1.29, 1.82) is 0 Å². The van der Waals surface area contributed by atoms with Crippen LogP contribution >= 0.6 is 0 Å². The number of azo groups is 4. The number of anilines is 2. The third-order valence-electron chi connectivity index (χ3n) is 8.70. The maximum Gasteiger partial charge on any atom is 0.145 e. The van der Waals surface area contributed by atoms with E-state index in [4.69, 9.17) is 0 Å². The minimum atomic E-state index is -0.0355. The standard InChI is InChI=1S/2C22H23N5O2.Co/c2*1-3-27(4-2)18-11-12-19(22(29)15-18)25-26-20-14-17(10-13-21(20)28)24-23-16-8-6-5-7-9-16;/h2*5-15,28-29H,3-4H2,1-2H3;. The van der Waals surface area contributed by atoms with E-state index in [1.54, 1.807) is 48.5 Å². The maximum absolute atomic E-state index is 10.3. The number of benzene rings is 6. The molecule has 0 heterocycles. The summed E-state index contributed by atoms with van der Waals surface area (Å²) in [6.45, 7) is 11.6. The van der Waals surface area contributed by atoms with Crippen LogP contribution in [0.1, 0.15) is 27.7 Å². The van der Waals surface area contributed by atoms with Crippen LogP contribution in [0.3, 0.4) is 0 Å². The molecule has 4 N–H and O–H groups in total. The second-order valence-electron chi connectivity index (χ2n) is 12.5. The normalized spacial score (nSPS) is 11.2. The van der Waals surface area contributed by atoms with Gasteiger partial charge in [0.15, 0.2) is 0 Å². The molecule has 0 saturated carbocycles. The smallest absolute Gasteiger partial charge is 0.145 e. The molecule has 1 radical (unpaired) electrons. The van der Waals surface area contributed by atoms with Crippen molar-refractivity contribution >= 4 is 56.9 Å². The van der Waals surface area contributed by atoms with Crippen LogP contribution in [-0.4, -0.2) is 46.6 Å². The Bertz CT molecular complexity index is 2200. The Hall–Kier alpha value is -6.97. The largest absolute Gasteiger partial charge is 0.506 e. The van der Waals surface area contributed by atoms with Crippen molar-refractivity contribution in [1.82, 2.24) is 0 Å². The Morgan fingerprint density at radius 2 is 0.678 bits per heavy atom. The molecule has 0 amide bonds. The Morgan fingerprint density at radius 3 is 1.02 bits per heavy atom. The Labute approximate surface area is 353 Å². The first-order valence-electron chi connectivity index (χ1n) is 18.8. The van der Waals surface area contributed by atoms with Gasteiger partial charge in [0.25, 0.3) is 0 Å². The van der Waals surface area contributed by atoms with Gasteiger partial charge in [0.2, 0.25) is 0 Å². The van der Waals surface area contributed by atoms with E-state index in [9.17, 15) is 20.4 Å². The van der Waals surface area contributed by atoms with Crippen molar-refractivity contribution in [2.45, 2.75) is 27.7 Å². The molecular weight excluding hydrogens is 791 g/mol. The molecule has 0 atom stereocenters. The van der Waals surface area contributed by atoms with Crippen molar-refractivity contribution in [3.63, 3.8) is 0 Å². The monoisotopic (exact) mass is 837 g/mol. The maximum atomic E-state index is 10.3. The van der Waals surface area contributed by atoms with Crippen LogP contribution in [0.2, 0.25) is 0 Å². The summed E-state index contributed by atoms with van der Waals surface area (Å²) in [4.78, 5) is 4.24. The van der Waals surface area contributed by atoms with Crippen molar-refractivity contribution < 1.29 is 37.2 Å². The fraction of sp³-hybridized carbons (Fsp3) is 0.182. The molecule has 0 aliphatic heterocycles. The molecular formula is C44H46CoN10O4. The van der Waals surface area contributed by atoms with Crippen LogP contribution in [-0.2, 0) is 16.8 Å². The van der Waals surface area contributed by atoms with Crippen molar-refractivity contribution in [2.75, 3.05) is 36.0 Å². The predicted molar refractivity (Wildman–Crippen MR) is 229 cm³/mol. The summed E-state index contributed by atoms with van der Waals surface area (Å²) >= 11 is 0. The first-order chi connectivity index (χ1) is 28.2. The first kappa shape index (κ1) is 44.7. The van der Waals surface area contributed by atoms with Gasteiger partial charge < -0.3 is 30.2 Å². The quantitative estimate of drug-likeness (QED) is 0.0790. The average molecular weight is 838 g/mol. The Balaban J connectivity index is 0.000000256. The van der Waals surface area contributed by atoms with Crippen LogP contribution in [0.4, 0.5) is 56.9 Å². The molecule has 0 aliphatic rings. The molecule has 0 bridgehead atoms. The van der Waals surface area contributed by atoms with E-state index in [2.05, 4.69) is 78.4 Å². The summed E-state index contributed by atoms with van der Waals surface area (Å²) in [5.41, 5.74) is 5.44. The minimum absolute atomic E-state index is 0. The molecule has 0 spiro atoms. The van der Waals surface area contributed by atoms with Crippen molar-refractivity contribution in [2.24, 2.45) is 40.9 Å². The molecule has 0 fully saturated rings. The number of aromatic hydroxyl groups is 4. The fourth-order valence-corrected chi connectivity index (χ4v) is 5.51. The van der Waals surface area contributed by atoms with E-state index >= 15 is 0 Å². The summed E-state index contributed by atoms with van der Waals surface area (Å²) in [5.74, 6) is -0.0200. The zero-order chi connectivity index (χ0) is 41.3. The Kier molecular flexibility index (Phi) is 17.2. The number of hydrogen-bond acceptors (Lipinski definition) is 14. The number of phenols is 4. The van der Waals surface area contributed by atoms with Crippen LogP contribution in [0, 0.1) is 0 Å². The fourth-order valence-electron chi connectivity index (χ4n) is 5.51. The first-order valence-corrected chi connectivity index (χ1v) is 18.8. The van der Waals surface area contributed by atoms with Gasteiger partial charge in [0.1, 0.15) is 45.7 Å². The van der Waals surface area contributed by atoms with Gasteiger partial charge in [0, 0.05) is 66.5 Å². The number of hydrogen-bond donors (Lipinski definition) is 4. The second-order valence-corrected chi connectivity index (χ2v) is 12.5. The predicted octanol–water partition coefficient (Wildman–Crippen LogP) is 13.5. The summed E-state index contributed by atoms with van der Waals surface area (Å²) in [5, 5.41) is 73.5. The molecule has 0 aliphatic carbocycles. The summed E-state index contributed by atoms with van der Waals surface area (Å²) in [6, 6.07) is 38.6. The number of phenolic OH excluding ortho intramolecular Hbond substituents is 4. The van der Waals surface area contributed by atoms with Gasteiger partial charge in [-0.1, -0.05) is 36.4 Å². The average Bonchev–Trinajstić information content (AvgIpc) is 3.25. The molecule has 305 valence electrons. The molecule has 14 nitrogen and oxygen atoms in total. The van der Waals surface area contributed by atoms with E-state index < -0.39 is 0 Å². The summed E-state index contributed by atoms with van der Waals surface area (Å²) < 4.78 is 0. The molecule has 6 aromatic carbocycles. The number of rotatable bonds is 14. The third-order valence-corrected chi connectivity index (χ3v) is 8.70. The zero-order valence-corrected chi connectivity index (χ0v) is 34.2. The van der Waals surface area contributed by atoms with Crippen LogP contribution in [0.15, 0.2) is 174 Å². The van der Waals surface area contributed by atoms with Gasteiger partial charge in [-0.05, 0) is 113 Å². The minimum Gasteiger partial charge on any atom is -0.506 e. The molecule has 6 rings (SSSR count). The van der Waals surface area contributed by atoms with Gasteiger partial charge in [-0.2, -0.15) is 20.5 Å². The topological polar surface area (TPSA) is 186 Å². The van der Waals surface area contributed by atoms with Crippen LogP contribution in [0.5, 0.6) is 23.0 Å². The second kappa shape index (κ2) is 22.7. The van der Waals surface area contributed by atoms with E-state index in [1.165, 1.54) is 12.1 Å². The van der Waals surface area contributed by atoms with Crippen molar-refractivity contribution in [3.05, 3.63) is 133 Å². The Morgan fingerprint density at radius 1 is 0.339 bits per heavy atom. The van der Waals surface area contributed by atoms with Gasteiger partial charge in [-0.3, -0.25) is 0 Å². The van der Waals surface area contributed by atoms with Gasteiger partial charge >= 0.3 is 0 Å². The summed E-state index contributed by atoms with van der Waals surface area (Å²) in [6.07, 6.45) is 0. The van der Waals surface area contributed by atoms with Crippen molar-refractivity contribution in [3.8, 4) is 23.0 Å². The van der Waals surface area contributed by atoms with Crippen LogP contribution in [0.25, 0.3) is 0 Å². The van der Waals surface area contributed by atoms with Crippen LogP contribution < -0.4 is 9.80 Å². The van der Waals surface area contributed by atoms with Gasteiger partial charge in [-0.25, -0.2) is 0 Å². The van der Waals surface area contributed by atoms with E-state index in [0.29, 0.717) is 22.7 Å². The molecule has 59 heavy (non-hydrogen) atoms. The molecule has 15 heteroatoms. The van der Waals surface area contributed by atoms with E-state index in [0.717, 1.165) is 48.9 Å². The number of nitrogens with zero attached hydrogens (tertiary/aromatic N) is 10. The van der Waals surface area contributed by atoms with E-state index in [-0.39, 0.29) is 51.2 Å². The molecule has 0 aromatic heterocycles. The van der Waals surface area contributed by atoms with Gasteiger partial charge in [0.05, 0.1) is 22.7 Å². The zero-order valence-electron chi connectivity index (χ0n) is 33.1. The SMILES string of the molecule is CCN(CC)c1ccc(N=Nc2cc(N=Nc3ccccc3)ccc2O)c(O)c1.CCN(CC)c1ccc(N=Nc2cc(N=Nc3ccccc3)ccc2O)c(O)c1.[Co]. The van der Waals surface area contributed by atoms with Gasteiger partial charge in [-0.15, -0.1) is 20.5 Å². The third kappa shape index (κ3) is 13.0.